The molecule has 0 unspecified atom stereocenters. The lowest BCUT2D eigenvalue weighted by molar-refractivity contribution is 0.279. The normalized spacial score (nSPS) is 23.9. The number of anilines is 1. The summed E-state index contributed by atoms with van der Waals surface area (Å²) in [5.41, 5.74) is 2.13. The first-order valence-corrected chi connectivity index (χ1v) is 9.60. The van der Waals surface area contributed by atoms with E-state index < -0.39 is 0 Å². The number of hydrogen-bond donors (Lipinski definition) is 0. The van der Waals surface area contributed by atoms with Crippen LogP contribution in [0.4, 0.5) is 10.2 Å². The third-order valence-corrected chi connectivity index (χ3v) is 5.77. The summed E-state index contributed by atoms with van der Waals surface area (Å²) in [6.45, 7) is 7.24. The molecule has 0 spiro atoms. The lowest BCUT2D eigenvalue weighted by Crippen LogP contribution is -2.29. The van der Waals surface area contributed by atoms with E-state index in [4.69, 9.17) is 4.98 Å². The first-order chi connectivity index (χ1) is 12.5. The molecule has 3 heterocycles. The van der Waals surface area contributed by atoms with E-state index in [1.165, 1.54) is 6.07 Å². The van der Waals surface area contributed by atoms with Gasteiger partial charge in [-0.25, -0.2) is 14.4 Å². The van der Waals surface area contributed by atoms with Crippen molar-refractivity contribution in [3.8, 4) is 0 Å². The topological polar surface area (TPSA) is 32.3 Å². The molecule has 4 nitrogen and oxygen atoms in total. The molecule has 154 valence electrons. The summed E-state index contributed by atoms with van der Waals surface area (Å²) in [4.78, 5) is 14.2. The van der Waals surface area contributed by atoms with Crippen molar-refractivity contribution < 1.29 is 4.39 Å². The summed E-state index contributed by atoms with van der Waals surface area (Å²) in [5.74, 6) is 2.95. The number of nitrogens with zero attached hydrogens (tertiary/aromatic N) is 4. The quantitative estimate of drug-likeness (QED) is 0.721. The van der Waals surface area contributed by atoms with Gasteiger partial charge in [0.15, 0.2) is 0 Å². The summed E-state index contributed by atoms with van der Waals surface area (Å²) in [6, 6.07) is 9.48. The maximum absolute atomic E-state index is 13.7. The average molecular weight is 427 g/mol. The van der Waals surface area contributed by atoms with Crippen LogP contribution in [-0.4, -0.2) is 41.5 Å². The summed E-state index contributed by atoms with van der Waals surface area (Å²) >= 11 is 0. The SMILES string of the molecule is CCCc1nc(C)cc(N2C[C@@H]3CN(C)[C@@H](c4cccc(F)c4)[C@@H]3C2)n1.Cl.Cl. The Morgan fingerprint density at radius 2 is 1.89 bits per heavy atom. The minimum absolute atomic E-state index is 0. The van der Waals surface area contributed by atoms with Crippen LogP contribution in [0.2, 0.25) is 0 Å². The zero-order chi connectivity index (χ0) is 18.3. The highest BCUT2D eigenvalue weighted by molar-refractivity contribution is 5.85. The summed E-state index contributed by atoms with van der Waals surface area (Å²) in [5, 5.41) is 0. The molecule has 2 aromatic rings. The van der Waals surface area contributed by atoms with Crippen molar-refractivity contribution in [2.75, 3.05) is 31.6 Å². The number of fused-ring (bicyclic) bond motifs is 1. The van der Waals surface area contributed by atoms with Gasteiger partial charge in [0.2, 0.25) is 0 Å². The number of aromatic nitrogens is 2. The second-order valence-corrected chi connectivity index (χ2v) is 7.80. The third-order valence-electron chi connectivity index (χ3n) is 5.77. The van der Waals surface area contributed by atoms with Crippen LogP contribution in [-0.2, 0) is 6.42 Å². The molecule has 0 saturated carbocycles. The minimum Gasteiger partial charge on any atom is -0.356 e. The monoisotopic (exact) mass is 426 g/mol. The van der Waals surface area contributed by atoms with Crippen molar-refractivity contribution in [1.82, 2.24) is 14.9 Å². The van der Waals surface area contributed by atoms with Gasteiger partial charge in [-0.1, -0.05) is 19.1 Å². The van der Waals surface area contributed by atoms with Crippen molar-refractivity contribution in [3.05, 3.63) is 53.2 Å². The maximum Gasteiger partial charge on any atom is 0.132 e. The smallest absolute Gasteiger partial charge is 0.132 e. The van der Waals surface area contributed by atoms with E-state index in [2.05, 4.69) is 40.9 Å². The van der Waals surface area contributed by atoms with Gasteiger partial charge in [0.25, 0.3) is 0 Å². The Morgan fingerprint density at radius 1 is 1.11 bits per heavy atom. The molecule has 0 N–H and O–H groups in total. The van der Waals surface area contributed by atoms with Crippen LogP contribution in [0.5, 0.6) is 0 Å². The molecule has 2 fully saturated rings. The Bertz CT molecular complexity index is 804. The molecule has 2 saturated heterocycles. The average Bonchev–Trinajstić information content (AvgIpc) is 3.11. The van der Waals surface area contributed by atoms with Crippen LogP contribution in [0.15, 0.2) is 30.3 Å². The van der Waals surface area contributed by atoms with Gasteiger partial charge >= 0.3 is 0 Å². The third kappa shape index (κ3) is 4.42. The fourth-order valence-electron chi connectivity index (χ4n) is 4.75. The fraction of sp³-hybridized carbons (Fsp3) is 0.524. The van der Waals surface area contributed by atoms with Crippen LogP contribution >= 0.6 is 24.8 Å². The Kier molecular flexibility index (Phi) is 7.66. The molecule has 2 aliphatic heterocycles. The molecule has 1 aromatic carbocycles. The number of hydrogen-bond acceptors (Lipinski definition) is 4. The van der Waals surface area contributed by atoms with Gasteiger partial charge < -0.3 is 4.90 Å². The zero-order valence-corrected chi connectivity index (χ0v) is 18.3. The second-order valence-electron chi connectivity index (χ2n) is 7.80. The number of likely N-dealkylation sites (tertiary alicyclic amines) is 1. The Labute approximate surface area is 179 Å². The number of aryl methyl sites for hydroxylation is 2. The number of halogens is 3. The molecule has 4 rings (SSSR count). The van der Waals surface area contributed by atoms with Crippen molar-refractivity contribution in [1.29, 1.82) is 0 Å². The predicted molar refractivity (Wildman–Crippen MR) is 116 cm³/mol. The standard InChI is InChI=1S/C21H27FN4.2ClH/c1-4-6-19-23-14(2)9-20(24-19)26-12-16-11-25(3)21(18(16)13-26)15-7-5-8-17(22)10-15;;/h5,7-10,16,18,21H,4,6,11-13H2,1-3H3;2*1H/t16-,18+,21-;;/m0../s1. The minimum atomic E-state index is -0.148. The second kappa shape index (κ2) is 9.38. The van der Waals surface area contributed by atoms with Gasteiger partial charge in [-0.05, 0) is 44.0 Å². The van der Waals surface area contributed by atoms with Crippen LogP contribution < -0.4 is 4.90 Å². The van der Waals surface area contributed by atoms with E-state index in [1.54, 1.807) is 6.07 Å². The van der Waals surface area contributed by atoms with E-state index in [0.717, 1.165) is 55.4 Å². The van der Waals surface area contributed by atoms with Gasteiger partial charge in [-0.2, -0.15) is 0 Å². The summed E-state index contributed by atoms with van der Waals surface area (Å²) in [7, 11) is 2.16. The maximum atomic E-state index is 13.7. The molecule has 0 amide bonds. The fourth-order valence-corrected chi connectivity index (χ4v) is 4.75. The van der Waals surface area contributed by atoms with Crippen LogP contribution in [0.25, 0.3) is 0 Å². The van der Waals surface area contributed by atoms with Crippen LogP contribution in [0.3, 0.4) is 0 Å². The van der Waals surface area contributed by atoms with Crippen molar-refractivity contribution in [2.24, 2.45) is 11.8 Å². The van der Waals surface area contributed by atoms with E-state index in [1.807, 2.05) is 13.0 Å². The van der Waals surface area contributed by atoms with E-state index in [9.17, 15) is 4.39 Å². The van der Waals surface area contributed by atoms with Gasteiger partial charge in [-0.15, -0.1) is 24.8 Å². The highest BCUT2D eigenvalue weighted by atomic mass is 35.5. The first kappa shape index (κ1) is 22.9. The Morgan fingerprint density at radius 3 is 2.61 bits per heavy atom. The molecule has 1 aromatic heterocycles. The summed E-state index contributed by atoms with van der Waals surface area (Å²) in [6.07, 6.45) is 1.98. The van der Waals surface area contributed by atoms with Crippen LogP contribution in [0, 0.1) is 24.6 Å². The van der Waals surface area contributed by atoms with Gasteiger partial charge in [-0.3, -0.25) is 4.90 Å². The lowest BCUT2D eigenvalue weighted by Gasteiger charge is -2.27. The molecule has 3 atom stereocenters. The molecular formula is C21H29Cl2FN4. The van der Waals surface area contributed by atoms with Gasteiger partial charge in [0.05, 0.1) is 0 Å². The number of rotatable bonds is 4. The molecular weight excluding hydrogens is 398 g/mol. The van der Waals surface area contributed by atoms with Crippen molar-refractivity contribution >= 4 is 30.6 Å². The largest absolute Gasteiger partial charge is 0.356 e. The molecule has 0 aliphatic carbocycles. The van der Waals surface area contributed by atoms with Crippen LogP contribution in [0.1, 0.15) is 36.5 Å². The molecule has 28 heavy (non-hydrogen) atoms. The number of benzene rings is 1. The predicted octanol–water partition coefficient (Wildman–Crippen LogP) is 4.46. The van der Waals surface area contributed by atoms with E-state index in [-0.39, 0.29) is 36.7 Å². The van der Waals surface area contributed by atoms with E-state index >= 15 is 0 Å². The van der Waals surface area contributed by atoms with Crippen molar-refractivity contribution in [2.45, 2.75) is 32.7 Å². The molecule has 2 aliphatic rings. The Balaban J connectivity index is 0.00000140. The first-order valence-electron chi connectivity index (χ1n) is 9.60. The Hall–Kier alpha value is -1.43. The van der Waals surface area contributed by atoms with Gasteiger partial charge in [0.1, 0.15) is 17.5 Å². The van der Waals surface area contributed by atoms with Gasteiger partial charge in [0, 0.05) is 49.8 Å². The summed E-state index contributed by atoms with van der Waals surface area (Å²) < 4.78 is 13.7. The molecule has 0 bridgehead atoms. The van der Waals surface area contributed by atoms with E-state index in [0.29, 0.717) is 11.8 Å². The van der Waals surface area contributed by atoms with Crippen molar-refractivity contribution in [3.63, 3.8) is 0 Å². The highest BCUT2D eigenvalue weighted by Crippen LogP contribution is 2.44. The lowest BCUT2D eigenvalue weighted by atomic mass is 9.89. The molecule has 0 radical (unpaired) electrons. The highest BCUT2D eigenvalue weighted by Gasteiger charge is 2.46. The zero-order valence-electron chi connectivity index (χ0n) is 16.6. The molecule has 7 heteroatoms.